The number of Topliss-reactive ketones (excluding diaryl/α,β-unsaturated/α-hetero) is 1. The molecule has 0 radical (unpaired) electrons. The van der Waals surface area contributed by atoms with Gasteiger partial charge in [-0.15, -0.1) is 0 Å². The van der Waals surface area contributed by atoms with Gasteiger partial charge in [-0.1, -0.05) is 15.9 Å². The minimum absolute atomic E-state index is 0.158. The highest BCUT2D eigenvalue weighted by atomic mass is 79.9. The van der Waals surface area contributed by atoms with Gasteiger partial charge in [-0.2, -0.15) is 0 Å². The first-order valence-electron chi connectivity index (χ1n) is 5.81. The van der Waals surface area contributed by atoms with E-state index in [4.69, 9.17) is 0 Å². The van der Waals surface area contributed by atoms with Crippen molar-refractivity contribution in [1.82, 2.24) is 0 Å². The van der Waals surface area contributed by atoms with Crippen LogP contribution in [0, 0.1) is 24.4 Å². The van der Waals surface area contributed by atoms with Gasteiger partial charge < -0.3 is 0 Å². The Bertz CT molecular complexity index is 683. The number of aryl methyl sites for hydroxylation is 1. The third-order valence-corrected chi connectivity index (χ3v) is 3.40. The third-order valence-electron chi connectivity index (χ3n) is 2.91. The molecular formula is C15H10BrF3O. The lowest BCUT2D eigenvalue weighted by molar-refractivity contribution is 0.0987. The molecule has 2 rings (SSSR count). The molecule has 5 heteroatoms. The first-order chi connectivity index (χ1) is 9.38. The van der Waals surface area contributed by atoms with E-state index in [2.05, 4.69) is 15.9 Å². The largest absolute Gasteiger partial charge is 0.294 e. The number of halogens is 4. The lowest BCUT2D eigenvalue weighted by atomic mass is 10.0. The fourth-order valence-corrected chi connectivity index (χ4v) is 2.23. The molecule has 0 aliphatic rings. The molecule has 0 bridgehead atoms. The Morgan fingerprint density at radius 1 is 1.05 bits per heavy atom. The molecule has 0 aromatic heterocycles. The van der Waals surface area contributed by atoms with E-state index >= 15 is 0 Å². The second kappa shape index (κ2) is 5.79. The number of ketones is 1. The van der Waals surface area contributed by atoms with Crippen molar-refractivity contribution in [2.75, 3.05) is 0 Å². The van der Waals surface area contributed by atoms with Crippen LogP contribution in [0.15, 0.2) is 34.8 Å². The zero-order valence-electron chi connectivity index (χ0n) is 10.5. The van der Waals surface area contributed by atoms with E-state index in [1.165, 1.54) is 25.1 Å². The van der Waals surface area contributed by atoms with Crippen molar-refractivity contribution in [3.8, 4) is 0 Å². The van der Waals surface area contributed by atoms with Crippen molar-refractivity contribution in [1.29, 1.82) is 0 Å². The summed E-state index contributed by atoms with van der Waals surface area (Å²) in [6.07, 6.45) is -0.284. The molecule has 2 aromatic carbocycles. The molecular weight excluding hydrogens is 333 g/mol. The second-order valence-electron chi connectivity index (χ2n) is 4.42. The predicted octanol–water partition coefficient (Wildman–Crippen LogP) is 4.60. The second-order valence-corrected chi connectivity index (χ2v) is 5.33. The molecule has 0 spiro atoms. The van der Waals surface area contributed by atoms with Gasteiger partial charge in [0.15, 0.2) is 5.78 Å². The quantitative estimate of drug-likeness (QED) is 0.745. The Labute approximate surface area is 122 Å². The molecule has 20 heavy (non-hydrogen) atoms. The summed E-state index contributed by atoms with van der Waals surface area (Å²) in [5, 5.41) is 0. The minimum Gasteiger partial charge on any atom is -0.294 e. The van der Waals surface area contributed by atoms with Gasteiger partial charge in [0.25, 0.3) is 0 Å². The van der Waals surface area contributed by atoms with Gasteiger partial charge in [0.2, 0.25) is 0 Å². The van der Waals surface area contributed by atoms with Crippen LogP contribution in [0.4, 0.5) is 13.2 Å². The summed E-state index contributed by atoms with van der Waals surface area (Å²) in [6.45, 7) is 1.44. The van der Waals surface area contributed by atoms with Crippen LogP contribution in [-0.4, -0.2) is 5.78 Å². The molecule has 0 amide bonds. The molecule has 2 aromatic rings. The Hall–Kier alpha value is -1.62. The summed E-state index contributed by atoms with van der Waals surface area (Å²) < 4.78 is 40.9. The van der Waals surface area contributed by atoms with E-state index in [1.807, 2.05) is 0 Å². The van der Waals surface area contributed by atoms with Gasteiger partial charge in [-0.05, 0) is 42.3 Å². The SMILES string of the molecule is Cc1cc(C(=O)Cc2cc(Br)ccc2F)c(F)cc1F. The van der Waals surface area contributed by atoms with Crippen LogP contribution in [0.5, 0.6) is 0 Å². The number of carbonyl (C=O) groups excluding carboxylic acids is 1. The Morgan fingerprint density at radius 2 is 1.75 bits per heavy atom. The molecule has 0 fully saturated rings. The van der Waals surface area contributed by atoms with Gasteiger partial charge in [-0.3, -0.25) is 4.79 Å². The lowest BCUT2D eigenvalue weighted by Crippen LogP contribution is -2.08. The fraction of sp³-hybridized carbons (Fsp3) is 0.133. The van der Waals surface area contributed by atoms with E-state index in [0.717, 1.165) is 6.07 Å². The zero-order chi connectivity index (χ0) is 14.9. The summed E-state index contributed by atoms with van der Waals surface area (Å²) in [4.78, 5) is 12.0. The van der Waals surface area contributed by atoms with Gasteiger partial charge in [0.1, 0.15) is 17.5 Å². The van der Waals surface area contributed by atoms with E-state index < -0.39 is 23.2 Å². The van der Waals surface area contributed by atoms with E-state index in [0.29, 0.717) is 10.5 Å². The van der Waals surface area contributed by atoms with E-state index in [1.54, 1.807) is 0 Å². The van der Waals surface area contributed by atoms with Gasteiger partial charge in [0.05, 0.1) is 5.56 Å². The molecule has 0 saturated carbocycles. The minimum atomic E-state index is -0.937. The molecule has 0 atom stereocenters. The van der Waals surface area contributed by atoms with Crippen LogP contribution in [0.3, 0.4) is 0 Å². The van der Waals surface area contributed by atoms with Gasteiger partial charge >= 0.3 is 0 Å². The molecule has 0 saturated heterocycles. The first-order valence-corrected chi connectivity index (χ1v) is 6.60. The Balaban J connectivity index is 2.33. The Kier molecular flexibility index (Phi) is 4.28. The topological polar surface area (TPSA) is 17.1 Å². The maximum absolute atomic E-state index is 13.6. The van der Waals surface area contributed by atoms with Crippen molar-refractivity contribution in [3.63, 3.8) is 0 Å². The van der Waals surface area contributed by atoms with Crippen LogP contribution in [0.1, 0.15) is 21.5 Å². The molecule has 104 valence electrons. The normalized spacial score (nSPS) is 10.7. The first kappa shape index (κ1) is 14.8. The van der Waals surface area contributed by atoms with Crippen LogP contribution >= 0.6 is 15.9 Å². The Morgan fingerprint density at radius 3 is 2.45 bits per heavy atom. The van der Waals surface area contributed by atoms with Crippen LogP contribution in [0.25, 0.3) is 0 Å². The molecule has 0 aliphatic heterocycles. The third kappa shape index (κ3) is 3.10. The summed E-state index contributed by atoms with van der Waals surface area (Å²) in [6, 6.07) is 6.00. The number of carbonyl (C=O) groups is 1. The van der Waals surface area contributed by atoms with Crippen molar-refractivity contribution in [2.45, 2.75) is 13.3 Å². The standard InChI is InChI=1S/C15H10BrF3O/c1-8-4-11(14(19)7-13(8)18)15(20)6-9-5-10(16)2-3-12(9)17/h2-5,7H,6H2,1H3. The monoisotopic (exact) mass is 342 g/mol. The molecule has 1 nitrogen and oxygen atoms in total. The smallest absolute Gasteiger partial charge is 0.170 e. The fourth-order valence-electron chi connectivity index (χ4n) is 1.82. The van der Waals surface area contributed by atoms with Crippen LogP contribution in [-0.2, 0) is 6.42 Å². The zero-order valence-corrected chi connectivity index (χ0v) is 12.1. The van der Waals surface area contributed by atoms with E-state index in [9.17, 15) is 18.0 Å². The number of benzene rings is 2. The summed E-state index contributed by atoms with van der Waals surface area (Å²) >= 11 is 3.18. The van der Waals surface area contributed by atoms with Gasteiger partial charge in [-0.25, -0.2) is 13.2 Å². The van der Waals surface area contributed by atoms with Crippen LogP contribution < -0.4 is 0 Å². The van der Waals surface area contributed by atoms with Crippen molar-refractivity contribution >= 4 is 21.7 Å². The van der Waals surface area contributed by atoms with E-state index in [-0.39, 0.29) is 23.1 Å². The number of rotatable bonds is 3. The molecule has 0 heterocycles. The molecule has 0 aliphatic carbocycles. The van der Waals surface area contributed by atoms with Crippen molar-refractivity contribution < 1.29 is 18.0 Å². The average molecular weight is 343 g/mol. The summed E-state index contributed by atoms with van der Waals surface area (Å²) in [7, 11) is 0. The summed E-state index contributed by atoms with van der Waals surface area (Å²) in [5.74, 6) is -2.79. The lowest BCUT2D eigenvalue weighted by Gasteiger charge is -2.06. The number of hydrogen-bond donors (Lipinski definition) is 0. The highest BCUT2D eigenvalue weighted by Crippen LogP contribution is 2.20. The maximum Gasteiger partial charge on any atom is 0.170 e. The van der Waals surface area contributed by atoms with Crippen molar-refractivity contribution in [2.24, 2.45) is 0 Å². The average Bonchev–Trinajstić information content (AvgIpc) is 2.38. The van der Waals surface area contributed by atoms with Gasteiger partial charge in [0, 0.05) is 17.0 Å². The predicted molar refractivity (Wildman–Crippen MR) is 73.2 cm³/mol. The van der Waals surface area contributed by atoms with Crippen LogP contribution in [0.2, 0.25) is 0 Å². The highest BCUT2D eigenvalue weighted by molar-refractivity contribution is 9.10. The molecule has 0 unspecified atom stereocenters. The maximum atomic E-state index is 13.6. The van der Waals surface area contributed by atoms with Crippen molar-refractivity contribution in [3.05, 3.63) is 68.9 Å². The molecule has 0 N–H and O–H groups in total. The summed E-state index contributed by atoms with van der Waals surface area (Å²) in [5.41, 5.74) is 0.0958. The highest BCUT2D eigenvalue weighted by Gasteiger charge is 2.16. The number of hydrogen-bond acceptors (Lipinski definition) is 1.